The van der Waals surface area contributed by atoms with E-state index in [0.29, 0.717) is 37.9 Å². The van der Waals surface area contributed by atoms with Crippen molar-refractivity contribution in [3.8, 4) is 0 Å². The van der Waals surface area contributed by atoms with Crippen LogP contribution in [0.3, 0.4) is 0 Å². The number of halogens is 6. The molecule has 2 rings (SSSR count). The molecule has 1 aromatic rings. The van der Waals surface area contributed by atoms with Gasteiger partial charge in [0.25, 0.3) is 0 Å². The second kappa shape index (κ2) is 11.0. The van der Waals surface area contributed by atoms with Crippen LogP contribution in [0.25, 0.3) is 0 Å². The third-order valence-electron chi connectivity index (χ3n) is 4.37. The molecule has 11 heteroatoms. The smallest absolute Gasteiger partial charge is 0.665 e. The summed E-state index contributed by atoms with van der Waals surface area (Å²) in [6, 6.07) is 1.07. The van der Waals surface area contributed by atoms with E-state index in [1.807, 2.05) is 13.8 Å². The molecule has 156 valence electrons. The Kier molecular flexibility index (Phi) is 10.5. The van der Waals surface area contributed by atoms with Crippen molar-refractivity contribution in [1.29, 1.82) is 0 Å². The maximum Gasteiger partial charge on any atom is 1.00 e. The molecule has 0 aromatic heterocycles. The fourth-order valence-electron chi connectivity index (χ4n) is 2.75. The Morgan fingerprint density at radius 3 is 1.86 bits per heavy atom. The molecule has 0 saturated carbocycles. The number of rotatable bonds is 2. The van der Waals surface area contributed by atoms with Gasteiger partial charge in [-0.25, -0.2) is 0 Å². The Bertz CT molecular complexity index is 727. The van der Waals surface area contributed by atoms with Gasteiger partial charge < -0.3 is 15.2 Å². The van der Waals surface area contributed by atoms with Crippen LogP contribution in [-0.4, -0.2) is 17.5 Å². The first-order chi connectivity index (χ1) is 12.8. The average molecular weight is 433 g/mol. The zero-order chi connectivity index (χ0) is 21.7. The number of carbonyl (C=O) groups is 1. The normalized spacial score (nSPS) is 16.9. The zero-order valence-corrected chi connectivity index (χ0v) is 18.0. The van der Waals surface area contributed by atoms with Crippen molar-refractivity contribution in [2.24, 2.45) is 5.92 Å². The number of benzene rings is 1. The molecule has 0 bridgehead atoms. The maximum absolute atomic E-state index is 12.8. The van der Waals surface area contributed by atoms with E-state index >= 15 is 0 Å². The molecule has 1 amide bonds. The Balaban J connectivity index is 0.00000184. The molecular formula is C18H18F6NNaO3. The minimum atomic E-state index is -4.94. The second-order valence-corrected chi connectivity index (χ2v) is 6.38. The summed E-state index contributed by atoms with van der Waals surface area (Å²) in [5.74, 6) is -1.04. The van der Waals surface area contributed by atoms with E-state index < -0.39 is 41.0 Å². The fourth-order valence-corrected chi connectivity index (χ4v) is 2.75. The summed E-state index contributed by atoms with van der Waals surface area (Å²) < 4.78 is 77.0. The van der Waals surface area contributed by atoms with E-state index in [2.05, 4.69) is 5.32 Å². The predicted molar refractivity (Wildman–Crippen MR) is 89.1 cm³/mol. The zero-order valence-electron chi connectivity index (χ0n) is 16.0. The van der Waals surface area contributed by atoms with Crippen LogP contribution in [0.4, 0.5) is 32.0 Å². The molecule has 4 nitrogen and oxygen atoms in total. The molecule has 1 aliphatic rings. The molecule has 0 spiro atoms. The summed E-state index contributed by atoms with van der Waals surface area (Å²) >= 11 is 0. The van der Waals surface area contributed by atoms with E-state index in [1.54, 1.807) is 0 Å². The molecule has 2 N–H and O–H groups in total. The second-order valence-electron chi connectivity index (χ2n) is 6.38. The summed E-state index contributed by atoms with van der Waals surface area (Å²) in [7, 11) is 0. The molecular weight excluding hydrogens is 415 g/mol. The van der Waals surface area contributed by atoms with Crippen molar-refractivity contribution in [1.82, 2.24) is 0 Å². The number of aliphatic hydroxyl groups excluding tert-OH is 1. The van der Waals surface area contributed by atoms with Gasteiger partial charge in [0.1, 0.15) is 0 Å². The van der Waals surface area contributed by atoms with Crippen LogP contribution in [0.2, 0.25) is 0 Å². The first-order valence-corrected chi connectivity index (χ1v) is 8.06. The summed E-state index contributed by atoms with van der Waals surface area (Å²) in [5.41, 5.74) is -1.23. The molecule has 1 unspecified atom stereocenters. The van der Waals surface area contributed by atoms with E-state index in [4.69, 9.17) is 9.90 Å². The Hall–Kier alpha value is -1.52. The number of nitrogens with one attached hydrogen (secondary N) is 1. The summed E-state index contributed by atoms with van der Waals surface area (Å²) in [6.45, 7) is 4.30. The van der Waals surface area contributed by atoms with Gasteiger partial charge >= 0.3 is 41.9 Å². The molecule has 0 heterocycles. The summed E-state index contributed by atoms with van der Waals surface area (Å²) in [4.78, 5) is 20.5. The minimum absolute atomic E-state index is 0. The van der Waals surface area contributed by atoms with Crippen LogP contribution < -0.4 is 34.9 Å². The van der Waals surface area contributed by atoms with Crippen molar-refractivity contribution in [3.05, 3.63) is 40.5 Å². The van der Waals surface area contributed by atoms with Crippen LogP contribution in [0, 0.1) is 5.92 Å². The largest absolute Gasteiger partial charge is 1.00 e. The fraction of sp³-hybridized carbons (Fsp3) is 0.444. The number of anilines is 1. The Morgan fingerprint density at radius 1 is 1.03 bits per heavy atom. The minimum Gasteiger partial charge on any atom is -0.665 e. The van der Waals surface area contributed by atoms with Gasteiger partial charge in [0.15, 0.2) is 0 Å². The number of hydrogen-bond donors (Lipinski definition) is 2. The monoisotopic (exact) mass is 433 g/mol. The molecule has 0 saturated heterocycles. The van der Waals surface area contributed by atoms with Gasteiger partial charge in [-0.15, -0.1) is 0 Å². The van der Waals surface area contributed by atoms with Crippen LogP contribution in [-0.2, 0) is 21.9 Å². The van der Waals surface area contributed by atoms with E-state index in [9.17, 15) is 31.1 Å². The van der Waals surface area contributed by atoms with Crippen molar-refractivity contribution >= 4 is 18.1 Å². The van der Waals surface area contributed by atoms with Crippen LogP contribution in [0.5, 0.6) is 0 Å². The molecule has 29 heavy (non-hydrogen) atoms. The molecule has 0 radical (unpaired) electrons. The third-order valence-corrected chi connectivity index (χ3v) is 4.37. The van der Waals surface area contributed by atoms with E-state index in [1.165, 1.54) is 0 Å². The van der Waals surface area contributed by atoms with E-state index in [0.717, 1.165) is 11.1 Å². The van der Waals surface area contributed by atoms with E-state index in [-0.39, 0.29) is 35.6 Å². The van der Waals surface area contributed by atoms with Gasteiger partial charge in [-0.05, 0) is 51.3 Å². The van der Waals surface area contributed by atoms with Crippen LogP contribution in [0.15, 0.2) is 29.3 Å². The van der Waals surface area contributed by atoms with Gasteiger partial charge in [-0.3, -0.25) is 4.79 Å². The number of amides is 1. The Labute approximate surface area is 185 Å². The predicted octanol–water partition coefficient (Wildman–Crippen LogP) is 2.41. The first-order valence-electron chi connectivity index (χ1n) is 8.06. The van der Waals surface area contributed by atoms with Gasteiger partial charge in [0, 0.05) is 11.6 Å². The maximum atomic E-state index is 12.8. The first kappa shape index (κ1) is 27.5. The van der Waals surface area contributed by atoms with Crippen molar-refractivity contribution in [2.45, 2.75) is 45.5 Å². The quantitative estimate of drug-likeness (QED) is 0.326. The third kappa shape index (κ3) is 8.39. The van der Waals surface area contributed by atoms with Gasteiger partial charge in [0.2, 0.25) is 5.91 Å². The van der Waals surface area contributed by atoms with Gasteiger partial charge in [0.05, 0.1) is 11.1 Å². The summed E-state index contributed by atoms with van der Waals surface area (Å²) in [5, 5.41) is 8.97. The molecule has 1 atom stereocenters. The topological polar surface area (TPSA) is 66.4 Å². The Morgan fingerprint density at radius 2 is 1.48 bits per heavy atom. The van der Waals surface area contributed by atoms with Gasteiger partial charge in [-0.1, -0.05) is 17.6 Å². The molecule has 0 fully saturated rings. The molecule has 1 aromatic carbocycles. The SMILES string of the molecule is CC1=C(C)CC(C(=O)Nc2cc(C(F)(F)F)cc(C(F)(F)F)c2)CC1.O=[C-]O.[Na+]. The standard InChI is InChI=1S/C17H17F6NO.CHO2.Na/c1-9-3-4-11(5-10(9)2)15(25)24-14-7-12(16(18,19)20)6-13(8-14)17(21,22)23;2-1-3;/h6-8,11H,3-5H2,1-2H3,(H,24,25);(H,2,3);/q;-1;+1. The van der Waals surface area contributed by atoms with Crippen molar-refractivity contribution in [2.75, 3.05) is 5.32 Å². The van der Waals surface area contributed by atoms with Crippen molar-refractivity contribution in [3.63, 3.8) is 0 Å². The molecule has 1 aliphatic carbocycles. The van der Waals surface area contributed by atoms with Gasteiger partial charge in [-0.2, -0.15) is 26.3 Å². The number of allylic oxidation sites excluding steroid dienone is 2. The van der Waals surface area contributed by atoms with Crippen molar-refractivity contribution < 1.29 is 70.6 Å². The number of carbonyl (C=O) groups excluding carboxylic acids is 1. The van der Waals surface area contributed by atoms with Crippen LogP contribution in [0.1, 0.15) is 44.2 Å². The number of alkyl halides is 6. The van der Waals surface area contributed by atoms with Crippen LogP contribution >= 0.6 is 0 Å². The number of hydrogen-bond acceptors (Lipinski definition) is 2. The average Bonchev–Trinajstić information content (AvgIpc) is 2.56. The molecule has 0 aliphatic heterocycles. The summed E-state index contributed by atoms with van der Waals surface area (Å²) in [6.07, 6.45) is -8.24.